The Morgan fingerprint density at radius 2 is 1.76 bits per heavy atom. The van der Waals surface area contributed by atoms with E-state index in [0.717, 1.165) is 6.07 Å². The maximum Gasteiger partial charge on any atom is 0.271 e. The third kappa shape index (κ3) is 3.41. The Hall–Kier alpha value is -2.32. The van der Waals surface area contributed by atoms with Crippen molar-refractivity contribution in [1.82, 2.24) is 0 Å². The minimum atomic E-state index is -3.96. The molecule has 2 aromatic carbocycles. The molecule has 0 heterocycles. The second-order valence-corrected chi connectivity index (χ2v) is 6.11. The Kier molecular flexibility index (Phi) is 4.01. The monoisotopic (exact) mass is 328 g/mol. The molecular weight excluding hydrogens is 320 g/mol. The van der Waals surface area contributed by atoms with Crippen LogP contribution < -0.4 is 4.72 Å². The molecule has 0 spiro atoms. The largest absolute Gasteiger partial charge is 0.508 e. The molecule has 0 amide bonds. The molecule has 9 heteroatoms. The topological polar surface area (TPSA) is 110 Å². The lowest BCUT2D eigenvalue weighted by molar-refractivity contribution is -0.384. The normalized spacial score (nSPS) is 11.1. The number of hydrogen-bond donors (Lipinski definition) is 2. The molecular formula is C12H9ClN2O5S. The van der Waals surface area contributed by atoms with Crippen molar-refractivity contribution in [2.75, 3.05) is 4.72 Å². The summed E-state index contributed by atoms with van der Waals surface area (Å²) in [5.74, 6) is -0.0812. The summed E-state index contributed by atoms with van der Waals surface area (Å²) in [5.41, 5.74) is -0.387. The molecule has 0 bridgehead atoms. The van der Waals surface area contributed by atoms with Crippen LogP contribution in [0.25, 0.3) is 0 Å². The molecule has 7 nitrogen and oxygen atoms in total. The SMILES string of the molecule is O=[N+]([O-])c1ccc(Cl)c(NS(=O)(=O)c2ccc(O)cc2)c1. The van der Waals surface area contributed by atoms with Crippen molar-refractivity contribution in [1.29, 1.82) is 0 Å². The van der Waals surface area contributed by atoms with E-state index >= 15 is 0 Å². The maximum atomic E-state index is 12.1. The van der Waals surface area contributed by atoms with Gasteiger partial charge in [-0.2, -0.15) is 0 Å². The molecule has 2 aromatic rings. The predicted molar refractivity (Wildman–Crippen MR) is 77.0 cm³/mol. The molecule has 0 aliphatic carbocycles. The summed E-state index contributed by atoms with van der Waals surface area (Å²) in [6.45, 7) is 0. The lowest BCUT2D eigenvalue weighted by Crippen LogP contribution is -2.13. The molecule has 0 fully saturated rings. The second kappa shape index (κ2) is 5.58. The summed E-state index contributed by atoms with van der Waals surface area (Å²) in [5, 5.41) is 19.9. The highest BCUT2D eigenvalue weighted by Crippen LogP contribution is 2.29. The Morgan fingerprint density at radius 1 is 1.14 bits per heavy atom. The molecule has 2 N–H and O–H groups in total. The number of anilines is 1. The first-order chi connectivity index (χ1) is 9.79. The third-order valence-corrected chi connectivity index (χ3v) is 4.26. The van der Waals surface area contributed by atoms with Crippen molar-refractivity contribution in [3.63, 3.8) is 0 Å². The molecule has 110 valence electrons. The van der Waals surface area contributed by atoms with Crippen LogP contribution in [0.4, 0.5) is 11.4 Å². The van der Waals surface area contributed by atoms with Gasteiger partial charge in [-0.15, -0.1) is 0 Å². The molecule has 0 saturated carbocycles. The van der Waals surface area contributed by atoms with Crippen molar-refractivity contribution in [2.24, 2.45) is 0 Å². The Bertz CT molecular complexity index is 790. The van der Waals surface area contributed by atoms with Crippen LogP contribution in [0.1, 0.15) is 0 Å². The molecule has 0 radical (unpaired) electrons. The van der Waals surface area contributed by atoms with Crippen molar-refractivity contribution in [3.05, 3.63) is 57.6 Å². The van der Waals surface area contributed by atoms with Crippen LogP contribution in [0.5, 0.6) is 5.75 Å². The smallest absolute Gasteiger partial charge is 0.271 e. The van der Waals surface area contributed by atoms with Crippen molar-refractivity contribution >= 4 is 33.0 Å². The number of nitrogens with zero attached hydrogens (tertiary/aromatic N) is 1. The Labute approximate surface area is 125 Å². The fourth-order valence-corrected chi connectivity index (χ4v) is 2.83. The average molecular weight is 329 g/mol. The number of nitrogens with one attached hydrogen (secondary N) is 1. The van der Waals surface area contributed by atoms with Gasteiger partial charge in [0.25, 0.3) is 15.7 Å². The van der Waals surface area contributed by atoms with Gasteiger partial charge in [-0.3, -0.25) is 14.8 Å². The summed E-state index contributed by atoms with van der Waals surface area (Å²) in [6.07, 6.45) is 0. The highest BCUT2D eigenvalue weighted by Gasteiger charge is 2.18. The number of phenols is 1. The van der Waals surface area contributed by atoms with Gasteiger partial charge >= 0.3 is 0 Å². The fraction of sp³-hybridized carbons (Fsp3) is 0. The highest BCUT2D eigenvalue weighted by molar-refractivity contribution is 7.92. The van der Waals surface area contributed by atoms with E-state index in [1.165, 1.54) is 36.4 Å². The zero-order valence-electron chi connectivity index (χ0n) is 10.4. The number of non-ortho nitro benzene ring substituents is 1. The number of nitro benzene ring substituents is 1. The van der Waals surface area contributed by atoms with Gasteiger partial charge in [0.05, 0.1) is 20.5 Å². The predicted octanol–water partition coefficient (Wildman–Crippen LogP) is 2.75. The van der Waals surface area contributed by atoms with Crippen LogP contribution in [0.15, 0.2) is 47.4 Å². The van der Waals surface area contributed by atoms with E-state index in [4.69, 9.17) is 16.7 Å². The van der Waals surface area contributed by atoms with Crippen LogP contribution in [0.3, 0.4) is 0 Å². The van der Waals surface area contributed by atoms with E-state index in [2.05, 4.69) is 4.72 Å². The number of rotatable bonds is 4. The van der Waals surface area contributed by atoms with Crippen molar-refractivity contribution < 1.29 is 18.4 Å². The summed E-state index contributed by atoms with van der Waals surface area (Å²) >= 11 is 5.83. The van der Waals surface area contributed by atoms with Crippen LogP contribution in [-0.4, -0.2) is 18.4 Å². The number of aromatic hydroxyl groups is 1. The van der Waals surface area contributed by atoms with E-state index in [1.807, 2.05) is 0 Å². The minimum absolute atomic E-state index is 0.0305. The molecule has 0 unspecified atom stereocenters. The summed E-state index contributed by atoms with van der Waals surface area (Å²) in [7, 11) is -3.96. The van der Waals surface area contributed by atoms with Gasteiger partial charge in [0.1, 0.15) is 5.75 Å². The van der Waals surface area contributed by atoms with Crippen LogP contribution >= 0.6 is 11.6 Å². The number of benzene rings is 2. The van der Waals surface area contributed by atoms with Crippen molar-refractivity contribution in [2.45, 2.75) is 4.90 Å². The molecule has 2 rings (SSSR count). The van der Waals surface area contributed by atoms with Gasteiger partial charge in [-0.1, -0.05) is 11.6 Å². The zero-order chi connectivity index (χ0) is 15.6. The van der Waals surface area contributed by atoms with Crippen LogP contribution in [0.2, 0.25) is 5.02 Å². The molecule has 21 heavy (non-hydrogen) atoms. The number of nitro groups is 1. The summed E-state index contributed by atoms with van der Waals surface area (Å²) in [6, 6.07) is 8.24. The lowest BCUT2D eigenvalue weighted by Gasteiger charge is -2.09. The van der Waals surface area contributed by atoms with Crippen molar-refractivity contribution in [3.8, 4) is 5.75 Å². The molecule has 0 aliphatic rings. The van der Waals surface area contributed by atoms with Gasteiger partial charge in [-0.05, 0) is 30.3 Å². The quantitative estimate of drug-likeness (QED) is 0.662. The van der Waals surface area contributed by atoms with E-state index in [0.29, 0.717) is 0 Å². The third-order valence-electron chi connectivity index (χ3n) is 2.55. The lowest BCUT2D eigenvalue weighted by atomic mass is 10.3. The molecule has 0 aromatic heterocycles. The van der Waals surface area contributed by atoms with Crippen LogP contribution in [0, 0.1) is 10.1 Å². The second-order valence-electron chi connectivity index (χ2n) is 4.02. The van der Waals surface area contributed by atoms with E-state index in [1.54, 1.807) is 0 Å². The van der Waals surface area contributed by atoms with Gasteiger partial charge < -0.3 is 5.11 Å². The molecule has 0 atom stereocenters. The van der Waals surface area contributed by atoms with Gasteiger partial charge in [0, 0.05) is 12.1 Å². The van der Waals surface area contributed by atoms with E-state index in [-0.39, 0.29) is 27.0 Å². The Balaban J connectivity index is 2.38. The maximum absolute atomic E-state index is 12.1. The van der Waals surface area contributed by atoms with E-state index < -0.39 is 14.9 Å². The number of sulfonamides is 1. The standard InChI is InChI=1S/C12H9ClN2O5S/c13-11-6-1-8(15(17)18)7-12(11)14-21(19,20)10-4-2-9(16)3-5-10/h1-7,14,16H. The first-order valence-electron chi connectivity index (χ1n) is 5.55. The summed E-state index contributed by atoms with van der Waals surface area (Å²) in [4.78, 5) is 9.93. The van der Waals surface area contributed by atoms with Gasteiger partial charge in [0.15, 0.2) is 0 Å². The zero-order valence-corrected chi connectivity index (χ0v) is 11.9. The number of hydrogen-bond acceptors (Lipinski definition) is 5. The fourth-order valence-electron chi connectivity index (χ4n) is 1.53. The van der Waals surface area contributed by atoms with Gasteiger partial charge in [-0.25, -0.2) is 8.42 Å². The number of halogens is 1. The summed E-state index contributed by atoms with van der Waals surface area (Å²) < 4.78 is 26.4. The minimum Gasteiger partial charge on any atom is -0.508 e. The first-order valence-corrected chi connectivity index (χ1v) is 7.41. The van der Waals surface area contributed by atoms with E-state index in [9.17, 15) is 18.5 Å². The Morgan fingerprint density at radius 3 is 2.33 bits per heavy atom. The van der Waals surface area contributed by atoms with Crippen LogP contribution in [-0.2, 0) is 10.0 Å². The number of phenolic OH excluding ortho intramolecular Hbond substituents is 1. The average Bonchev–Trinajstić information content (AvgIpc) is 2.41. The first kappa shape index (κ1) is 15.1. The highest BCUT2D eigenvalue weighted by atomic mass is 35.5. The van der Waals surface area contributed by atoms with Gasteiger partial charge in [0.2, 0.25) is 0 Å². The molecule has 0 saturated heterocycles. The molecule has 0 aliphatic heterocycles.